The Labute approximate surface area is 115 Å². The van der Waals surface area contributed by atoms with E-state index >= 15 is 0 Å². The van der Waals surface area contributed by atoms with E-state index in [1.165, 1.54) is 16.8 Å². The molecule has 1 heterocycles. The first-order valence-electron chi connectivity index (χ1n) is 6.72. The third-order valence-corrected chi connectivity index (χ3v) is 3.17. The van der Waals surface area contributed by atoms with E-state index in [0.717, 1.165) is 12.4 Å². The molecular formula is C16H23N3. The average Bonchev–Trinajstić information content (AvgIpc) is 2.72. The number of imidazole rings is 1. The molecule has 0 saturated heterocycles. The van der Waals surface area contributed by atoms with E-state index in [-0.39, 0.29) is 5.54 Å². The maximum atomic E-state index is 4.28. The van der Waals surface area contributed by atoms with Gasteiger partial charge in [-0.05, 0) is 51.8 Å². The molecule has 0 amide bonds. The predicted molar refractivity (Wildman–Crippen MR) is 79.6 cm³/mol. The van der Waals surface area contributed by atoms with E-state index in [1.54, 1.807) is 0 Å². The summed E-state index contributed by atoms with van der Waals surface area (Å²) in [5, 5.41) is 3.51. The van der Waals surface area contributed by atoms with Gasteiger partial charge < -0.3 is 9.88 Å². The van der Waals surface area contributed by atoms with Gasteiger partial charge in [0, 0.05) is 30.2 Å². The number of aromatic nitrogens is 2. The molecule has 0 spiro atoms. The minimum Gasteiger partial charge on any atom is -0.308 e. The topological polar surface area (TPSA) is 29.9 Å². The number of benzene rings is 1. The van der Waals surface area contributed by atoms with Gasteiger partial charge in [0.1, 0.15) is 5.82 Å². The number of rotatable bonds is 3. The fourth-order valence-electron chi connectivity index (χ4n) is 2.10. The molecular weight excluding hydrogens is 234 g/mol. The zero-order valence-electron chi connectivity index (χ0n) is 12.5. The predicted octanol–water partition coefficient (Wildman–Crippen LogP) is 3.38. The molecule has 19 heavy (non-hydrogen) atoms. The van der Waals surface area contributed by atoms with Crippen LogP contribution in [-0.4, -0.2) is 15.1 Å². The summed E-state index contributed by atoms with van der Waals surface area (Å²) >= 11 is 0. The molecule has 0 unspecified atom stereocenters. The van der Waals surface area contributed by atoms with Gasteiger partial charge in [0.2, 0.25) is 0 Å². The van der Waals surface area contributed by atoms with Crippen LogP contribution in [0.4, 0.5) is 0 Å². The Morgan fingerprint density at radius 3 is 2.47 bits per heavy atom. The van der Waals surface area contributed by atoms with Crippen LogP contribution in [0.5, 0.6) is 0 Å². The Morgan fingerprint density at radius 1 is 1.21 bits per heavy atom. The van der Waals surface area contributed by atoms with Crippen LogP contribution in [0.25, 0.3) is 5.69 Å². The second-order valence-corrected chi connectivity index (χ2v) is 6.07. The largest absolute Gasteiger partial charge is 0.308 e. The Hall–Kier alpha value is -1.61. The molecule has 0 aliphatic heterocycles. The van der Waals surface area contributed by atoms with E-state index in [4.69, 9.17) is 0 Å². The summed E-state index contributed by atoms with van der Waals surface area (Å²) in [6.07, 6.45) is 3.84. The van der Waals surface area contributed by atoms with E-state index < -0.39 is 0 Å². The summed E-state index contributed by atoms with van der Waals surface area (Å²) in [6.45, 7) is 11.6. The lowest BCUT2D eigenvalue weighted by Gasteiger charge is -2.21. The second-order valence-electron chi connectivity index (χ2n) is 6.07. The van der Waals surface area contributed by atoms with Crippen LogP contribution in [0, 0.1) is 13.8 Å². The van der Waals surface area contributed by atoms with Crippen LogP contribution in [0.2, 0.25) is 0 Å². The lowest BCUT2D eigenvalue weighted by Crippen LogP contribution is -2.35. The van der Waals surface area contributed by atoms with E-state index in [9.17, 15) is 0 Å². The van der Waals surface area contributed by atoms with Gasteiger partial charge in [-0.2, -0.15) is 0 Å². The molecule has 3 nitrogen and oxygen atoms in total. The lowest BCUT2D eigenvalue weighted by atomic mass is 10.1. The summed E-state index contributed by atoms with van der Waals surface area (Å²) in [6, 6.07) is 6.59. The van der Waals surface area contributed by atoms with Crippen molar-refractivity contribution < 1.29 is 0 Å². The first kappa shape index (κ1) is 13.8. The van der Waals surface area contributed by atoms with Crippen molar-refractivity contribution in [3.05, 3.63) is 47.5 Å². The quantitative estimate of drug-likeness (QED) is 0.913. The maximum absolute atomic E-state index is 4.28. The highest BCUT2D eigenvalue weighted by molar-refractivity contribution is 5.43. The standard InChI is InChI=1S/C16H23N3/c1-12-10-14(11-18-16(3,4)5)6-7-15(12)19-9-8-17-13(19)2/h6-10,18H,11H2,1-5H3. The lowest BCUT2D eigenvalue weighted by molar-refractivity contribution is 0.424. The third-order valence-electron chi connectivity index (χ3n) is 3.17. The minimum atomic E-state index is 0.146. The fraction of sp³-hybridized carbons (Fsp3) is 0.438. The first-order chi connectivity index (χ1) is 8.87. The van der Waals surface area contributed by atoms with Gasteiger partial charge in [0.15, 0.2) is 0 Å². The van der Waals surface area contributed by atoms with E-state index in [0.29, 0.717) is 0 Å². The SMILES string of the molecule is Cc1cc(CNC(C)(C)C)ccc1-n1ccnc1C. The zero-order chi connectivity index (χ0) is 14.0. The van der Waals surface area contributed by atoms with Gasteiger partial charge in [-0.3, -0.25) is 0 Å². The highest BCUT2D eigenvalue weighted by Crippen LogP contribution is 2.17. The number of hydrogen-bond donors (Lipinski definition) is 1. The smallest absolute Gasteiger partial charge is 0.110 e. The normalized spacial score (nSPS) is 11.8. The first-order valence-corrected chi connectivity index (χ1v) is 6.72. The third kappa shape index (κ3) is 3.44. The summed E-state index contributed by atoms with van der Waals surface area (Å²) in [5.74, 6) is 1.02. The van der Waals surface area contributed by atoms with Gasteiger partial charge in [-0.15, -0.1) is 0 Å². The van der Waals surface area contributed by atoms with Crippen LogP contribution >= 0.6 is 0 Å². The molecule has 0 aliphatic rings. The molecule has 0 bridgehead atoms. The Kier molecular flexibility index (Phi) is 3.76. The van der Waals surface area contributed by atoms with Crippen LogP contribution in [0.3, 0.4) is 0 Å². The number of hydrogen-bond acceptors (Lipinski definition) is 2. The van der Waals surface area contributed by atoms with Crippen molar-refractivity contribution in [2.24, 2.45) is 0 Å². The van der Waals surface area contributed by atoms with Crippen LogP contribution in [-0.2, 0) is 6.54 Å². The van der Waals surface area contributed by atoms with Crippen molar-refractivity contribution in [1.82, 2.24) is 14.9 Å². The van der Waals surface area contributed by atoms with Crippen molar-refractivity contribution in [1.29, 1.82) is 0 Å². The highest BCUT2D eigenvalue weighted by Gasteiger charge is 2.09. The van der Waals surface area contributed by atoms with Crippen LogP contribution < -0.4 is 5.32 Å². The maximum Gasteiger partial charge on any atom is 0.110 e. The molecule has 0 atom stereocenters. The molecule has 0 radical (unpaired) electrons. The van der Waals surface area contributed by atoms with Crippen molar-refractivity contribution in [2.75, 3.05) is 0 Å². The van der Waals surface area contributed by atoms with Crippen LogP contribution in [0.1, 0.15) is 37.7 Å². The molecule has 102 valence electrons. The molecule has 3 heteroatoms. The zero-order valence-corrected chi connectivity index (χ0v) is 12.5. The monoisotopic (exact) mass is 257 g/mol. The van der Waals surface area contributed by atoms with Gasteiger partial charge in [-0.25, -0.2) is 4.98 Å². The summed E-state index contributed by atoms with van der Waals surface area (Å²) in [5.41, 5.74) is 3.94. The van der Waals surface area contributed by atoms with Crippen molar-refractivity contribution in [2.45, 2.75) is 46.7 Å². The van der Waals surface area contributed by atoms with Gasteiger partial charge >= 0.3 is 0 Å². The minimum absolute atomic E-state index is 0.146. The van der Waals surface area contributed by atoms with E-state index in [1.807, 2.05) is 19.3 Å². The Bertz CT molecular complexity index is 562. The molecule has 1 N–H and O–H groups in total. The van der Waals surface area contributed by atoms with Crippen LogP contribution in [0.15, 0.2) is 30.6 Å². The molecule has 1 aromatic carbocycles. The molecule has 0 fully saturated rings. The summed E-state index contributed by atoms with van der Waals surface area (Å²) in [7, 11) is 0. The van der Waals surface area contributed by atoms with Gasteiger partial charge in [0.25, 0.3) is 0 Å². The number of aryl methyl sites for hydroxylation is 2. The molecule has 2 aromatic rings. The Morgan fingerprint density at radius 2 is 1.95 bits per heavy atom. The van der Waals surface area contributed by atoms with E-state index in [2.05, 4.69) is 60.8 Å². The molecule has 0 saturated carbocycles. The summed E-state index contributed by atoms with van der Waals surface area (Å²) in [4.78, 5) is 4.28. The number of nitrogens with one attached hydrogen (secondary N) is 1. The van der Waals surface area contributed by atoms with Crippen molar-refractivity contribution in [3.63, 3.8) is 0 Å². The van der Waals surface area contributed by atoms with Gasteiger partial charge in [0.05, 0.1) is 0 Å². The Balaban J connectivity index is 2.21. The van der Waals surface area contributed by atoms with Crippen molar-refractivity contribution >= 4 is 0 Å². The fourth-order valence-corrected chi connectivity index (χ4v) is 2.10. The van der Waals surface area contributed by atoms with Crippen molar-refractivity contribution in [3.8, 4) is 5.69 Å². The van der Waals surface area contributed by atoms with Gasteiger partial charge in [-0.1, -0.05) is 12.1 Å². The average molecular weight is 257 g/mol. The summed E-state index contributed by atoms with van der Waals surface area (Å²) < 4.78 is 2.12. The molecule has 1 aromatic heterocycles. The highest BCUT2D eigenvalue weighted by atomic mass is 15.1. The molecule has 0 aliphatic carbocycles. The second kappa shape index (κ2) is 5.17. The number of nitrogens with zero attached hydrogens (tertiary/aromatic N) is 2. The molecule has 2 rings (SSSR count).